The van der Waals surface area contributed by atoms with Gasteiger partial charge in [0.25, 0.3) is 0 Å². The van der Waals surface area contributed by atoms with Crippen LogP contribution >= 0.6 is 12.2 Å². The number of benzene rings is 2. The summed E-state index contributed by atoms with van der Waals surface area (Å²) in [6.45, 7) is 1.99. The van der Waals surface area contributed by atoms with E-state index in [1.807, 2.05) is 37.3 Å². The first-order chi connectivity index (χ1) is 9.50. The maximum atomic E-state index is 10.8. The van der Waals surface area contributed by atoms with Crippen molar-refractivity contribution in [2.75, 3.05) is 5.73 Å². The number of rotatable bonds is 4. The maximum Gasteiger partial charge on any atom is 1.00 e. The molecule has 0 aliphatic rings. The van der Waals surface area contributed by atoms with Gasteiger partial charge in [0.2, 0.25) is 0 Å². The van der Waals surface area contributed by atoms with E-state index in [2.05, 4.69) is 0 Å². The van der Waals surface area contributed by atoms with Gasteiger partial charge in [-0.25, -0.2) is 0 Å². The number of nitrogen functional groups attached to an aromatic ring is 1. The molecule has 2 rings (SSSR count). The molecule has 0 aliphatic carbocycles. The predicted molar refractivity (Wildman–Crippen MR) is 85.3 cm³/mol. The standard InChI is InChI=1S/C16H15NO2S.Na.H/c1-10-5-2-3-7-12(10)16(20)13-8-4-6-11(15(13)17)9-14(18)19;;/h2-8H,9,17H2,1H3,(H,18,19);;/q;+1;-1. The molecule has 0 unspecified atom stereocenters. The molecule has 2 aromatic rings. The van der Waals surface area contributed by atoms with Crippen molar-refractivity contribution < 1.29 is 40.9 Å². The molecule has 0 saturated carbocycles. The van der Waals surface area contributed by atoms with Crippen molar-refractivity contribution in [3.05, 3.63) is 64.7 Å². The van der Waals surface area contributed by atoms with Crippen molar-refractivity contribution in [1.82, 2.24) is 0 Å². The Labute approximate surface area is 153 Å². The predicted octanol–water partition coefficient (Wildman–Crippen LogP) is 0.0871. The Hall–Kier alpha value is -1.20. The molecule has 0 fully saturated rings. The Morgan fingerprint density at radius 3 is 2.43 bits per heavy atom. The van der Waals surface area contributed by atoms with Gasteiger partial charge >= 0.3 is 35.5 Å². The summed E-state index contributed by atoms with van der Waals surface area (Å²) in [4.78, 5) is 11.5. The number of para-hydroxylation sites is 1. The summed E-state index contributed by atoms with van der Waals surface area (Å²) < 4.78 is 0. The van der Waals surface area contributed by atoms with Crippen molar-refractivity contribution in [3.63, 3.8) is 0 Å². The minimum absolute atomic E-state index is 0. The summed E-state index contributed by atoms with van der Waals surface area (Å²) in [6, 6.07) is 13.1. The third-order valence-electron chi connectivity index (χ3n) is 3.17. The molecule has 104 valence electrons. The Kier molecular flexibility index (Phi) is 6.55. The second kappa shape index (κ2) is 7.71. The largest absolute Gasteiger partial charge is 1.00 e. The first-order valence-electron chi connectivity index (χ1n) is 6.20. The van der Waals surface area contributed by atoms with Gasteiger partial charge in [-0.15, -0.1) is 0 Å². The van der Waals surface area contributed by atoms with Gasteiger partial charge in [-0.1, -0.05) is 54.7 Å². The minimum Gasteiger partial charge on any atom is -1.00 e. The minimum atomic E-state index is -0.907. The van der Waals surface area contributed by atoms with Crippen LogP contribution in [0.3, 0.4) is 0 Å². The van der Waals surface area contributed by atoms with Gasteiger partial charge in [0.15, 0.2) is 0 Å². The molecule has 0 heterocycles. The van der Waals surface area contributed by atoms with E-state index in [0.29, 0.717) is 21.7 Å². The fourth-order valence-corrected chi connectivity index (χ4v) is 2.51. The molecule has 2 aromatic carbocycles. The van der Waals surface area contributed by atoms with Crippen LogP contribution in [0.4, 0.5) is 5.69 Å². The zero-order valence-corrected chi connectivity index (χ0v) is 14.9. The second-order valence-electron chi connectivity index (χ2n) is 4.59. The van der Waals surface area contributed by atoms with Crippen molar-refractivity contribution in [2.45, 2.75) is 13.3 Å². The number of carboxylic acids is 1. The van der Waals surface area contributed by atoms with Crippen LogP contribution in [-0.2, 0) is 11.2 Å². The average Bonchev–Trinajstić information content (AvgIpc) is 2.40. The van der Waals surface area contributed by atoms with Gasteiger partial charge in [0.1, 0.15) is 0 Å². The van der Waals surface area contributed by atoms with Crippen LogP contribution in [-0.4, -0.2) is 15.9 Å². The molecule has 0 bridgehead atoms. The zero-order valence-electron chi connectivity index (χ0n) is 13.1. The number of carboxylic acid groups (broad SMARTS) is 1. The molecule has 0 saturated heterocycles. The number of hydrogen-bond donors (Lipinski definition) is 2. The smallest absolute Gasteiger partial charge is 1.00 e. The summed E-state index contributed by atoms with van der Waals surface area (Å²) in [5.74, 6) is -0.907. The van der Waals surface area contributed by atoms with Crippen LogP contribution in [0.25, 0.3) is 0 Å². The number of aliphatic carboxylic acids is 1. The molecule has 5 heteroatoms. The molecule has 0 aromatic heterocycles. The van der Waals surface area contributed by atoms with E-state index in [1.165, 1.54) is 0 Å². The number of aryl methyl sites for hydroxylation is 1. The van der Waals surface area contributed by atoms with Gasteiger partial charge in [-0.05, 0) is 23.6 Å². The van der Waals surface area contributed by atoms with E-state index in [-0.39, 0.29) is 37.4 Å². The first kappa shape index (κ1) is 17.9. The monoisotopic (exact) mass is 309 g/mol. The molecule has 3 N–H and O–H groups in total. The fourth-order valence-electron chi connectivity index (χ4n) is 2.10. The van der Waals surface area contributed by atoms with Crippen LogP contribution in [0.1, 0.15) is 23.7 Å². The van der Waals surface area contributed by atoms with E-state index in [4.69, 9.17) is 23.1 Å². The fraction of sp³-hybridized carbons (Fsp3) is 0.125. The molecule has 0 spiro atoms. The zero-order chi connectivity index (χ0) is 14.7. The number of carbonyl (C=O) groups is 1. The third kappa shape index (κ3) is 4.14. The van der Waals surface area contributed by atoms with Gasteiger partial charge in [0.05, 0.1) is 11.3 Å². The van der Waals surface area contributed by atoms with E-state index >= 15 is 0 Å². The van der Waals surface area contributed by atoms with E-state index in [0.717, 1.165) is 11.1 Å². The topological polar surface area (TPSA) is 63.3 Å². The Bertz CT molecular complexity index is 692. The van der Waals surface area contributed by atoms with Gasteiger partial charge in [0, 0.05) is 11.3 Å². The summed E-state index contributed by atoms with van der Waals surface area (Å²) in [6.07, 6.45) is -0.101. The summed E-state index contributed by atoms with van der Waals surface area (Å²) in [7, 11) is 0. The quantitative estimate of drug-likeness (QED) is 0.364. The van der Waals surface area contributed by atoms with Crippen molar-refractivity contribution in [1.29, 1.82) is 0 Å². The van der Waals surface area contributed by atoms with Crippen LogP contribution in [0.15, 0.2) is 42.5 Å². The Morgan fingerprint density at radius 1 is 1.19 bits per heavy atom. The number of nitrogens with two attached hydrogens (primary N) is 1. The van der Waals surface area contributed by atoms with E-state index < -0.39 is 5.97 Å². The summed E-state index contributed by atoms with van der Waals surface area (Å²) >= 11 is 5.51. The Balaban J connectivity index is 0.00000220. The van der Waals surface area contributed by atoms with Gasteiger partial charge in [-0.2, -0.15) is 0 Å². The summed E-state index contributed by atoms with van der Waals surface area (Å²) in [5.41, 5.74) is 9.84. The number of hydrogen-bond acceptors (Lipinski definition) is 3. The average molecular weight is 309 g/mol. The second-order valence-corrected chi connectivity index (χ2v) is 5.00. The van der Waals surface area contributed by atoms with Crippen molar-refractivity contribution in [3.8, 4) is 0 Å². The normalized spacial score (nSPS) is 9.76. The molecular weight excluding hydrogens is 293 g/mol. The van der Waals surface area contributed by atoms with Crippen molar-refractivity contribution in [2.24, 2.45) is 0 Å². The van der Waals surface area contributed by atoms with E-state index in [9.17, 15) is 4.79 Å². The Morgan fingerprint density at radius 2 is 1.81 bits per heavy atom. The van der Waals surface area contributed by atoms with Gasteiger partial charge in [-0.3, -0.25) is 4.79 Å². The molecule has 0 amide bonds. The SMILES string of the molecule is Cc1ccccc1C(=S)c1cccc(CC(=O)O)c1N.[H-].[Na+]. The van der Waals surface area contributed by atoms with Crippen LogP contribution in [0.5, 0.6) is 0 Å². The first-order valence-corrected chi connectivity index (χ1v) is 6.61. The van der Waals surface area contributed by atoms with Crippen molar-refractivity contribution >= 4 is 28.7 Å². The molecule has 0 atom stereocenters. The van der Waals surface area contributed by atoms with Gasteiger partial charge < -0.3 is 12.3 Å². The maximum absolute atomic E-state index is 10.8. The molecule has 0 aliphatic heterocycles. The number of anilines is 1. The molecule has 21 heavy (non-hydrogen) atoms. The molecule has 3 nitrogen and oxygen atoms in total. The molecular formula is C16H16NNaO2S. The third-order valence-corrected chi connectivity index (χ3v) is 3.61. The molecule has 0 radical (unpaired) electrons. The summed E-state index contributed by atoms with van der Waals surface area (Å²) in [5, 5.41) is 8.89. The number of thiocarbonyl (C=S) groups is 1. The van der Waals surface area contributed by atoms with Crippen LogP contribution < -0.4 is 35.3 Å². The van der Waals surface area contributed by atoms with Crippen LogP contribution in [0, 0.1) is 6.92 Å². The van der Waals surface area contributed by atoms with E-state index in [1.54, 1.807) is 12.1 Å². The van der Waals surface area contributed by atoms with Crippen LogP contribution in [0.2, 0.25) is 0 Å².